The molecule has 0 bridgehead atoms. The van der Waals surface area contributed by atoms with E-state index in [4.69, 9.17) is 4.74 Å². The van der Waals surface area contributed by atoms with E-state index in [2.05, 4.69) is 10.3 Å². The molecule has 1 N–H and O–H groups in total. The molecule has 0 radical (unpaired) electrons. The minimum absolute atomic E-state index is 0.0383. The quantitative estimate of drug-likeness (QED) is 0.675. The summed E-state index contributed by atoms with van der Waals surface area (Å²) >= 11 is 1.07. The average Bonchev–Trinajstić information content (AvgIpc) is 3.10. The number of sulfonamides is 1. The average molecular weight is 439 g/mol. The van der Waals surface area contributed by atoms with Crippen molar-refractivity contribution in [1.29, 1.82) is 0 Å². The van der Waals surface area contributed by atoms with Gasteiger partial charge in [0.2, 0.25) is 10.0 Å². The van der Waals surface area contributed by atoms with E-state index >= 15 is 0 Å². The zero-order valence-corrected chi connectivity index (χ0v) is 16.5. The van der Waals surface area contributed by atoms with E-state index in [1.165, 1.54) is 24.3 Å². The predicted octanol–water partition coefficient (Wildman–Crippen LogP) is 2.85. The molecule has 11 heteroatoms. The van der Waals surface area contributed by atoms with Gasteiger partial charge in [0, 0.05) is 18.7 Å². The molecule has 152 valence electrons. The number of fused-ring (bicyclic) bond motifs is 1. The van der Waals surface area contributed by atoms with E-state index in [0.717, 1.165) is 27.8 Å². The highest BCUT2D eigenvalue weighted by atomic mass is 32.2. The van der Waals surface area contributed by atoms with Gasteiger partial charge in [0.1, 0.15) is 16.5 Å². The first-order valence-corrected chi connectivity index (χ1v) is 10.9. The maximum atomic E-state index is 14.3. The van der Waals surface area contributed by atoms with Crippen LogP contribution in [0.3, 0.4) is 0 Å². The summed E-state index contributed by atoms with van der Waals surface area (Å²) in [5.41, 5.74) is 0.477. The van der Waals surface area contributed by atoms with Crippen molar-refractivity contribution in [3.8, 4) is 0 Å². The third-order valence-electron chi connectivity index (χ3n) is 4.35. The lowest BCUT2D eigenvalue weighted by Crippen LogP contribution is -2.41. The molecule has 0 unspecified atom stereocenters. The molecule has 1 aliphatic heterocycles. The van der Waals surface area contributed by atoms with Gasteiger partial charge in [-0.05, 0) is 36.4 Å². The summed E-state index contributed by atoms with van der Waals surface area (Å²) in [7, 11) is -4.10. The van der Waals surface area contributed by atoms with Gasteiger partial charge in [0.15, 0.2) is 5.13 Å². The number of amides is 1. The van der Waals surface area contributed by atoms with Gasteiger partial charge in [0.05, 0.1) is 23.4 Å². The number of hydrogen-bond donors (Lipinski definition) is 1. The highest BCUT2D eigenvalue weighted by Crippen LogP contribution is 2.27. The predicted molar refractivity (Wildman–Crippen MR) is 104 cm³/mol. The molecule has 3 aromatic rings. The molecule has 0 aliphatic carbocycles. The Bertz CT molecular complexity index is 1190. The number of carbonyl (C=O) groups is 1. The highest BCUT2D eigenvalue weighted by Gasteiger charge is 2.29. The molecular formula is C18H15F2N3O4S2. The zero-order chi connectivity index (χ0) is 20.6. The molecular weight excluding hydrogens is 424 g/mol. The minimum atomic E-state index is -4.10. The first-order valence-electron chi connectivity index (χ1n) is 8.59. The molecule has 29 heavy (non-hydrogen) atoms. The van der Waals surface area contributed by atoms with Crippen molar-refractivity contribution in [3.05, 3.63) is 53.6 Å². The SMILES string of the molecule is O=C(Nc1nc2ccc(F)cc2s1)c1ccc(F)c(S(=O)(=O)N2CCOCC2)c1. The fourth-order valence-corrected chi connectivity index (χ4v) is 5.27. The summed E-state index contributed by atoms with van der Waals surface area (Å²) in [6.45, 7) is 0.666. The van der Waals surface area contributed by atoms with E-state index in [0.29, 0.717) is 10.2 Å². The molecule has 0 atom stereocenters. The first kappa shape index (κ1) is 19.8. The van der Waals surface area contributed by atoms with Crippen LogP contribution in [0.5, 0.6) is 0 Å². The van der Waals surface area contributed by atoms with Gasteiger partial charge in [-0.15, -0.1) is 0 Å². The van der Waals surface area contributed by atoms with Crippen LogP contribution >= 0.6 is 11.3 Å². The summed E-state index contributed by atoms with van der Waals surface area (Å²) in [6.07, 6.45) is 0. The van der Waals surface area contributed by atoms with Crippen LogP contribution in [0.15, 0.2) is 41.3 Å². The first-order chi connectivity index (χ1) is 13.8. The summed E-state index contributed by atoms with van der Waals surface area (Å²) in [4.78, 5) is 16.2. The Balaban J connectivity index is 1.61. The maximum absolute atomic E-state index is 14.3. The van der Waals surface area contributed by atoms with Crippen LogP contribution in [0.25, 0.3) is 10.2 Å². The normalized spacial score (nSPS) is 15.5. The topological polar surface area (TPSA) is 88.6 Å². The standard InChI is InChI=1S/C18H15F2N3O4S2/c19-12-2-4-14-15(10-12)28-18(21-14)22-17(24)11-1-3-13(20)16(9-11)29(25,26)23-5-7-27-8-6-23/h1-4,9-10H,5-8H2,(H,21,22,24). The zero-order valence-electron chi connectivity index (χ0n) is 14.9. The van der Waals surface area contributed by atoms with Gasteiger partial charge in [-0.2, -0.15) is 4.31 Å². The molecule has 1 aromatic heterocycles. The van der Waals surface area contributed by atoms with E-state index in [9.17, 15) is 22.0 Å². The number of carbonyl (C=O) groups excluding carboxylic acids is 1. The van der Waals surface area contributed by atoms with Crippen molar-refractivity contribution in [2.24, 2.45) is 0 Å². The second-order valence-corrected chi connectivity index (χ2v) is 9.18. The van der Waals surface area contributed by atoms with Crippen LogP contribution < -0.4 is 5.32 Å². The van der Waals surface area contributed by atoms with Crippen molar-refractivity contribution in [2.45, 2.75) is 4.90 Å². The van der Waals surface area contributed by atoms with Crippen LogP contribution in [0.4, 0.5) is 13.9 Å². The number of rotatable bonds is 4. The number of thiazole rings is 1. The van der Waals surface area contributed by atoms with E-state index in [1.807, 2.05) is 0 Å². The Morgan fingerprint density at radius 3 is 2.66 bits per heavy atom. The Morgan fingerprint density at radius 2 is 1.90 bits per heavy atom. The van der Waals surface area contributed by atoms with Crippen LogP contribution in [0.2, 0.25) is 0 Å². The second-order valence-electron chi connectivity index (χ2n) is 6.25. The number of halogens is 2. The van der Waals surface area contributed by atoms with Gasteiger partial charge in [-0.3, -0.25) is 10.1 Å². The van der Waals surface area contributed by atoms with Crippen LogP contribution in [-0.4, -0.2) is 49.9 Å². The van der Waals surface area contributed by atoms with Gasteiger partial charge < -0.3 is 4.74 Å². The monoisotopic (exact) mass is 439 g/mol. The number of anilines is 1. The summed E-state index contributed by atoms with van der Waals surface area (Å²) < 4.78 is 59.9. The number of hydrogen-bond acceptors (Lipinski definition) is 6. The number of ether oxygens (including phenoxy) is 1. The van der Waals surface area contributed by atoms with Crippen molar-refractivity contribution in [3.63, 3.8) is 0 Å². The smallest absolute Gasteiger partial charge is 0.257 e. The lowest BCUT2D eigenvalue weighted by atomic mass is 10.2. The number of benzene rings is 2. The van der Waals surface area contributed by atoms with Crippen molar-refractivity contribution >= 4 is 42.6 Å². The Kier molecular flexibility index (Phi) is 5.30. The van der Waals surface area contributed by atoms with Crippen molar-refractivity contribution < 1.29 is 26.7 Å². The fourth-order valence-electron chi connectivity index (χ4n) is 2.89. The third-order valence-corrected chi connectivity index (χ3v) is 7.20. The van der Waals surface area contributed by atoms with E-state index in [-0.39, 0.29) is 37.0 Å². The fraction of sp³-hybridized carbons (Fsp3) is 0.222. The second kappa shape index (κ2) is 7.75. The summed E-state index contributed by atoms with van der Waals surface area (Å²) in [6, 6.07) is 7.18. The molecule has 0 saturated carbocycles. The molecule has 4 rings (SSSR count). The van der Waals surface area contributed by atoms with Gasteiger partial charge in [0.25, 0.3) is 5.91 Å². The third kappa shape index (κ3) is 3.99. The molecule has 1 saturated heterocycles. The molecule has 2 heterocycles. The largest absolute Gasteiger partial charge is 0.379 e. The Hall–Kier alpha value is -2.47. The molecule has 1 amide bonds. The summed E-state index contributed by atoms with van der Waals surface area (Å²) in [5, 5.41) is 2.76. The van der Waals surface area contributed by atoms with Gasteiger partial charge in [-0.1, -0.05) is 11.3 Å². The molecule has 1 aliphatic rings. The molecule has 2 aromatic carbocycles. The lowest BCUT2D eigenvalue weighted by molar-refractivity contribution is 0.0729. The van der Waals surface area contributed by atoms with Crippen LogP contribution in [0.1, 0.15) is 10.4 Å². The molecule has 0 spiro atoms. The lowest BCUT2D eigenvalue weighted by Gasteiger charge is -2.26. The number of nitrogens with one attached hydrogen (secondary N) is 1. The van der Waals surface area contributed by atoms with Crippen LogP contribution in [0, 0.1) is 11.6 Å². The van der Waals surface area contributed by atoms with Gasteiger partial charge in [-0.25, -0.2) is 22.2 Å². The number of morpholine rings is 1. The number of aromatic nitrogens is 1. The maximum Gasteiger partial charge on any atom is 0.257 e. The van der Waals surface area contributed by atoms with Crippen molar-refractivity contribution in [1.82, 2.24) is 9.29 Å². The van der Waals surface area contributed by atoms with E-state index in [1.54, 1.807) is 0 Å². The number of nitrogens with zero attached hydrogens (tertiary/aromatic N) is 2. The summed E-state index contributed by atoms with van der Waals surface area (Å²) in [5.74, 6) is -2.01. The molecule has 1 fully saturated rings. The Labute approximate surface area is 169 Å². The highest BCUT2D eigenvalue weighted by molar-refractivity contribution is 7.89. The van der Waals surface area contributed by atoms with Crippen LogP contribution in [-0.2, 0) is 14.8 Å². The minimum Gasteiger partial charge on any atom is -0.379 e. The Morgan fingerprint density at radius 1 is 1.14 bits per heavy atom. The molecule has 7 nitrogen and oxygen atoms in total. The van der Waals surface area contributed by atoms with E-state index < -0.39 is 32.5 Å². The van der Waals surface area contributed by atoms with Gasteiger partial charge >= 0.3 is 0 Å². The van der Waals surface area contributed by atoms with Crippen molar-refractivity contribution in [2.75, 3.05) is 31.6 Å².